The third kappa shape index (κ3) is 4.88. The van der Waals surface area contributed by atoms with Gasteiger partial charge in [-0.05, 0) is 44.5 Å². The van der Waals surface area contributed by atoms with E-state index in [0.717, 1.165) is 12.2 Å². The number of hydrogen-bond acceptors (Lipinski definition) is 9. The highest BCUT2D eigenvalue weighted by Gasteiger charge is 2.39. The molecule has 2 rings (SSSR count). The van der Waals surface area contributed by atoms with Crippen LogP contribution in [0.15, 0.2) is 26.6 Å². The molecule has 28 heavy (non-hydrogen) atoms. The van der Waals surface area contributed by atoms with Crippen LogP contribution in [0.4, 0.5) is 0 Å². The van der Waals surface area contributed by atoms with Gasteiger partial charge in [0.05, 0.1) is 11.9 Å². The van der Waals surface area contributed by atoms with Gasteiger partial charge < -0.3 is 10.1 Å². The van der Waals surface area contributed by atoms with Crippen LogP contribution in [-0.4, -0.2) is 52.7 Å². The molecule has 1 aromatic rings. The van der Waals surface area contributed by atoms with E-state index in [-0.39, 0.29) is 21.1 Å². The molecule has 1 aliphatic rings. The van der Waals surface area contributed by atoms with Gasteiger partial charge in [0.1, 0.15) is 14.2 Å². The second kappa shape index (κ2) is 8.85. The maximum Gasteiger partial charge on any atom is 0.330 e. The number of sulfone groups is 2. The summed E-state index contributed by atoms with van der Waals surface area (Å²) >= 11 is 0.673. The Morgan fingerprint density at radius 2 is 2.00 bits per heavy atom. The van der Waals surface area contributed by atoms with Gasteiger partial charge >= 0.3 is 5.97 Å². The summed E-state index contributed by atoms with van der Waals surface area (Å²) in [5, 5.41) is 2.54. The summed E-state index contributed by atoms with van der Waals surface area (Å²) in [5.41, 5.74) is 0.429. The number of thiophene rings is 1. The average Bonchev–Trinajstić information content (AvgIpc) is 3.06. The van der Waals surface area contributed by atoms with Crippen molar-refractivity contribution in [1.82, 2.24) is 5.32 Å². The zero-order valence-electron chi connectivity index (χ0n) is 15.8. The van der Waals surface area contributed by atoms with Crippen LogP contribution in [0.5, 0.6) is 0 Å². The fourth-order valence-electron chi connectivity index (χ4n) is 2.85. The van der Waals surface area contributed by atoms with Crippen molar-refractivity contribution in [3.8, 4) is 0 Å². The largest absolute Gasteiger partial charge is 0.463 e. The predicted octanol–water partition coefficient (Wildman–Crippen LogP) is 1.43. The summed E-state index contributed by atoms with van der Waals surface area (Å²) < 4.78 is 54.9. The van der Waals surface area contributed by atoms with E-state index in [1.54, 1.807) is 13.8 Å². The summed E-state index contributed by atoms with van der Waals surface area (Å²) in [5.74, 6) is -2.39. The second-order valence-corrected chi connectivity index (χ2v) is 12.2. The van der Waals surface area contributed by atoms with Crippen molar-refractivity contribution in [2.45, 2.75) is 46.9 Å². The molecule has 0 saturated heterocycles. The molecule has 0 unspecified atom stereocenters. The number of allylic oxidation sites excluding steroid dienone is 1. The van der Waals surface area contributed by atoms with Crippen LogP contribution >= 0.6 is 11.3 Å². The van der Waals surface area contributed by atoms with Crippen LogP contribution in [0.1, 0.15) is 38.8 Å². The number of fused-ring (bicyclic) bond motifs is 1. The minimum absolute atomic E-state index is 0.0327. The van der Waals surface area contributed by atoms with Gasteiger partial charge in [0, 0.05) is 12.1 Å². The summed E-state index contributed by atoms with van der Waals surface area (Å²) in [6.45, 7) is 5.82. The third-order valence-electron chi connectivity index (χ3n) is 4.21. The SMILES string of the molecule is CCN[C@H]1C[C@H](C)S(=O)(=O)c2sc(S(=O)(=O)CC(=O)/C=C\C(=O)OCC)cc21. The van der Waals surface area contributed by atoms with E-state index in [4.69, 9.17) is 0 Å². The van der Waals surface area contributed by atoms with Crippen LogP contribution in [-0.2, 0) is 34.0 Å². The number of ether oxygens (including phenoxy) is 1. The first kappa shape index (κ1) is 22.7. The molecule has 0 amide bonds. The molecule has 0 saturated carbocycles. The number of carbonyl (C=O) groups is 2. The molecule has 0 fully saturated rings. The van der Waals surface area contributed by atoms with Crippen LogP contribution in [0.25, 0.3) is 0 Å². The van der Waals surface area contributed by atoms with Crippen LogP contribution in [0.2, 0.25) is 0 Å². The molecule has 0 spiro atoms. The molecule has 1 aliphatic heterocycles. The summed E-state index contributed by atoms with van der Waals surface area (Å²) in [4.78, 5) is 23.2. The Morgan fingerprint density at radius 1 is 1.32 bits per heavy atom. The van der Waals surface area contributed by atoms with Crippen molar-refractivity contribution < 1.29 is 31.2 Å². The van der Waals surface area contributed by atoms with Crippen LogP contribution in [0.3, 0.4) is 0 Å². The first-order valence-corrected chi connectivity index (χ1v) is 12.8. The highest BCUT2D eigenvalue weighted by molar-refractivity contribution is 7.96. The Labute approximate surface area is 168 Å². The molecule has 1 aromatic heterocycles. The van der Waals surface area contributed by atoms with Crippen LogP contribution < -0.4 is 5.32 Å². The van der Waals surface area contributed by atoms with Crippen molar-refractivity contribution >= 4 is 42.8 Å². The number of rotatable bonds is 8. The number of nitrogens with one attached hydrogen (secondary N) is 1. The number of hydrogen-bond donors (Lipinski definition) is 1. The van der Waals surface area contributed by atoms with E-state index < -0.39 is 42.4 Å². The molecule has 1 N–H and O–H groups in total. The first-order chi connectivity index (χ1) is 13.0. The predicted molar refractivity (Wildman–Crippen MR) is 105 cm³/mol. The lowest BCUT2D eigenvalue weighted by Gasteiger charge is -2.27. The van der Waals surface area contributed by atoms with Crippen LogP contribution in [0, 0.1) is 0 Å². The van der Waals surface area contributed by atoms with E-state index in [1.165, 1.54) is 6.07 Å². The van der Waals surface area contributed by atoms with E-state index in [2.05, 4.69) is 10.1 Å². The van der Waals surface area contributed by atoms with Gasteiger partial charge in [-0.25, -0.2) is 21.6 Å². The smallest absolute Gasteiger partial charge is 0.330 e. The normalized spacial score (nSPS) is 21.4. The molecular formula is C17H23NO7S3. The lowest BCUT2D eigenvalue weighted by molar-refractivity contribution is -0.137. The monoisotopic (exact) mass is 449 g/mol. The number of carbonyl (C=O) groups excluding carboxylic acids is 2. The van der Waals surface area contributed by atoms with E-state index in [1.807, 2.05) is 6.92 Å². The van der Waals surface area contributed by atoms with Gasteiger partial charge in [-0.3, -0.25) is 4.79 Å². The molecule has 0 radical (unpaired) electrons. The van der Waals surface area contributed by atoms with Gasteiger partial charge in [0.2, 0.25) is 0 Å². The van der Waals surface area contributed by atoms with Gasteiger partial charge in [0.25, 0.3) is 0 Å². The second-order valence-electron chi connectivity index (χ2n) is 6.32. The molecule has 0 bridgehead atoms. The molecule has 156 valence electrons. The topological polar surface area (TPSA) is 124 Å². The Bertz CT molecular complexity index is 990. The van der Waals surface area contributed by atoms with Crippen molar-refractivity contribution in [2.75, 3.05) is 18.9 Å². The van der Waals surface area contributed by atoms with E-state index in [0.29, 0.717) is 29.9 Å². The highest BCUT2D eigenvalue weighted by atomic mass is 32.3. The summed E-state index contributed by atoms with van der Waals surface area (Å²) in [6, 6.07) is 1.08. The fraction of sp³-hybridized carbons (Fsp3) is 0.529. The molecular weight excluding hydrogens is 426 g/mol. The average molecular weight is 450 g/mol. The van der Waals surface area contributed by atoms with Crippen molar-refractivity contribution in [3.63, 3.8) is 0 Å². The Kier molecular flexibility index (Phi) is 7.18. The van der Waals surface area contributed by atoms with Gasteiger partial charge in [0.15, 0.2) is 25.5 Å². The van der Waals surface area contributed by atoms with Crippen molar-refractivity contribution in [3.05, 3.63) is 23.8 Å². The summed E-state index contributed by atoms with van der Waals surface area (Å²) in [6.07, 6.45) is 2.07. The Hall–Kier alpha value is -1.56. The maximum atomic E-state index is 12.6. The van der Waals surface area contributed by atoms with Gasteiger partial charge in [-0.2, -0.15) is 0 Å². The lowest BCUT2D eigenvalue weighted by atomic mass is 10.1. The fourth-order valence-corrected chi connectivity index (χ4v) is 8.12. The molecule has 0 aromatic carbocycles. The van der Waals surface area contributed by atoms with Gasteiger partial charge in [-0.15, -0.1) is 11.3 Å². The Balaban J connectivity index is 2.32. The number of ketones is 1. The van der Waals surface area contributed by atoms with Gasteiger partial charge in [-0.1, -0.05) is 6.92 Å². The zero-order valence-corrected chi connectivity index (χ0v) is 18.2. The van der Waals surface area contributed by atoms with Crippen molar-refractivity contribution in [1.29, 1.82) is 0 Å². The zero-order chi connectivity index (χ0) is 21.1. The standard InChI is InChI=1S/C17H23NO7S3/c1-4-18-14-8-11(3)28(23,24)17-13(14)9-16(26-17)27(21,22)10-12(19)6-7-15(20)25-5-2/h6-7,9,11,14,18H,4-5,8,10H2,1-3H3/b7-6-/t11-,14-/m0/s1. The minimum atomic E-state index is -4.05. The van der Waals surface area contributed by atoms with Crippen molar-refractivity contribution in [2.24, 2.45) is 0 Å². The lowest BCUT2D eigenvalue weighted by Crippen LogP contribution is -2.33. The molecule has 11 heteroatoms. The maximum absolute atomic E-state index is 12.6. The summed E-state index contributed by atoms with van der Waals surface area (Å²) in [7, 11) is -7.66. The first-order valence-electron chi connectivity index (χ1n) is 8.74. The quantitative estimate of drug-likeness (QED) is 0.467. The molecule has 2 atom stereocenters. The Morgan fingerprint density at radius 3 is 2.61 bits per heavy atom. The molecule has 8 nitrogen and oxygen atoms in total. The highest BCUT2D eigenvalue weighted by Crippen LogP contribution is 2.42. The van der Waals surface area contributed by atoms with E-state index >= 15 is 0 Å². The number of esters is 1. The minimum Gasteiger partial charge on any atom is -0.463 e. The third-order valence-corrected chi connectivity index (χ3v) is 10.3. The van der Waals surface area contributed by atoms with E-state index in [9.17, 15) is 26.4 Å². The molecule has 0 aliphatic carbocycles. The molecule has 2 heterocycles.